The molecule has 3 heterocycles. The Hall–Kier alpha value is -2.44. The maximum absolute atomic E-state index is 13.4. The number of rotatable bonds is 3. The molecule has 140 valence electrons. The van der Waals surface area contributed by atoms with Gasteiger partial charge in [-0.15, -0.1) is 11.3 Å². The molecule has 1 fully saturated rings. The number of aromatic nitrogens is 2. The van der Waals surface area contributed by atoms with E-state index in [9.17, 15) is 4.79 Å². The molecular formula is C21H23N3O2S. The molecule has 6 heteroatoms. The van der Waals surface area contributed by atoms with Gasteiger partial charge in [-0.05, 0) is 56.0 Å². The van der Waals surface area contributed by atoms with Crippen molar-refractivity contribution in [2.75, 3.05) is 13.1 Å². The zero-order valence-corrected chi connectivity index (χ0v) is 16.6. The number of aryl methyl sites for hydroxylation is 1. The lowest BCUT2D eigenvalue weighted by molar-refractivity contribution is -0.0588. The summed E-state index contributed by atoms with van der Waals surface area (Å²) in [5.41, 5.74) is 3.44. The van der Waals surface area contributed by atoms with Gasteiger partial charge in [0.2, 0.25) is 0 Å². The number of amides is 1. The van der Waals surface area contributed by atoms with Crippen LogP contribution in [-0.4, -0.2) is 45.9 Å². The second-order valence-corrected chi connectivity index (χ2v) is 8.06. The first-order valence-corrected chi connectivity index (χ1v) is 10.0. The first-order valence-electron chi connectivity index (χ1n) is 9.17. The number of nitrogens with zero attached hydrogens (tertiary/aromatic N) is 3. The minimum absolute atomic E-state index is 0.00573. The van der Waals surface area contributed by atoms with Gasteiger partial charge in [0.15, 0.2) is 0 Å². The number of carbonyl (C=O) groups is 1. The predicted molar refractivity (Wildman–Crippen MR) is 108 cm³/mol. The molecule has 0 radical (unpaired) electrons. The van der Waals surface area contributed by atoms with Crippen molar-refractivity contribution < 1.29 is 9.53 Å². The van der Waals surface area contributed by atoms with Gasteiger partial charge >= 0.3 is 0 Å². The van der Waals surface area contributed by atoms with E-state index in [0.29, 0.717) is 18.8 Å². The molecule has 0 N–H and O–H groups in total. The zero-order chi connectivity index (χ0) is 19.0. The van der Waals surface area contributed by atoms with E-state index in [2.05, 4.69) is 0 Å². The van der Waals surface area contributed by atoms with Gasteiger partial charge in [-0.1, -0.05) is 18.2 Å². The van der Waals surface area contributed by atoms with Gasteiger partial charge in [0, 0.05) is 13.1 Å². The van der Waals surface area contributed by atoms with Crippen molar-refractivity contribution in [1.82, 2.24) is 14.7 Å². The topological polar surface area (TPSA) is 47.4 Å². The van der Waals surface area contributed by atoms with Gasteiger partial charge in [0.1, 0.15) is 11.4 Å². The third-order valence-corrected chi connectivity index (χ3v) is 5.55. The number of thiophene rings is 1. The Morgan fingerprint density at radius 2 is 1.93 bits per heavy atom. The molecular weight excluding hydrogens is 358 g/mol. The lowest BCUT2D eigenvalue weighted by atomic mass is 10.2. The van der Waals surface area contributed by atoms with E-state index < -0.39 is 0 Å². The van der Waals surface area contributed by atoms with E-state index in [1.807, 2.05) is 73.5 Å². The van der Waals surface area contributed by atoms with Crippen molar-refractivity contribution in [3.05, 3.63) is 59.1 Å². The van der Waals surface area contributed by atoms with Gasteiger partial charge in [-0.25, -0.2) is 4.68 Å². The summed E-state index contributed by atoms with van der Waals surface area (Å²) in [6.07, 6.45) is 0.0645. The average molecular weight is 382 g/mol. The highest BCUT2D eigenvalue weighted by molar-refractivity contribution is 7.13. The second-order valence-electron chi connectivity index (χ2n) is 7.11. The molecule has 27 heavy (non-hydrogen) atoms. The Morgan fingerprint density at radius 1 is 1.15 bits per heavy atom. The smallest absolute Gasteiger partial charge is 0.272 e. The molecule has 0 saturated carbocycles. The Labute approximate surface area is 163 Å². The van der Waals surface area contributed by atoms with Crippen LogP contribution in [0, 0.1) is 6.92 Å². The summed E-state index contributed by atoms with van der Waals surface area (Å²) in [7, 11) is 0. The summed E-state index contributed by atoms with van der Waals surface area (Å²) < 4.78 is 7.56. The number of benzene rings is 1. The molecule has 0 unspecified atom stereocenters. The molecule has 1 aliphatic heterocycles. The third-order valence-electron chi connectivity index (χ3n) is 4.66. The molecule has 0 bridgehead atoms. The molecule has 1 aromatic carbocycles. The van der Waals surface area contributed by atoms with Crippen LogP contribution in [0.3, 0.4) is 0 Å². The molecule has 0 aliphatic carbocycles. The highest BCUT2D eigenvalue weighted by Gasteiger charge is 2.29. The lowest BCUT2D eigenvalue weighted by Crippen LogP contribution is -2.48. The summed E-state index contributed by atoms with van der Waals surface area (Å²) in [5, 5.41) is 6.79. The number of hydrogen-bond donors (Lipinski definition) is 0. The first kappa shape index (κ1) is 17.9. The van der Waals surface area contributed by atoms with Crippen LogP contribution in [0.15, 0.2) is 47.8 Å². The van der Waals surface area contributed by atoms with E-state index in [4.69, 9.17) is 9.84 Å². The fraction of sp³-hybridized carbons (Fsp3) is 0.333. The third kappa shape index (κ3) is 3.68. The van der Waals surface area contributed by atoms with Gasteiger partial charge in [-0.2, -0.15) is 5.10 Å². The lowest BCUT2D eigenvalue weighted by Gasteiger charge is -2.35. The Kier molecular flexibility index (Phi) is 4.85. The maximum atomic E-state index is 13.4. The molecule has 0 spiro atoms. The van der Waals surface area contributed by atoms with Gasteiger partial charge in [-0.3, -0.25) is 4.79 Å². The Balaban J connectivity index is 1.77. The van der Waals surface area contributed by atoms with Crippen LogP contribution in [0.25, 0.3) is 16.3 Å². The standard InChI is InChI=1S/C21H23N3O2S/c1-14-6-4-7-17(10-14)24-19(11-18(22-24)20-8-5-9-27-20)21(25)23-12-15(2)26-16(3)13-23/h4-11,15-16H,12-13H2,1-3H3/t15-,16-/m0/s1. The molecule has 1 amide bonds. The van der Waals surface area contributed by atoms with Crippen LogP contribution in [-0.2, 0) is 4.74 Å². The SMILES string of the molecule is Cc1cccc(-n2nc(-c3cccs3)cc2C(=O)N2C[C@H](C)O[C@@H](C)C2)c1. The highest BCUT2D eigenvalue weighted by atomic mass is 32.1. The van der Waals surface area contributed by atoms with Crippen molar-refractivity contribution in [3.8, 4) is 16.3 Å². The van der Waals surface area contributed by atoms with E-state index in [1.165, 1.54) is 0 Å². The minimum Gasteiger partial charge on any atom is -0.372 e. The van der Waals surface area contributed by atoms with E-state index in [-0.39, 0.29) is 18.1 Å². The van der Waals surface area contributed by atoms with Crippen molar-refractivity contribution in [2.24, 2.45) is 0 Å². The minimum atomic E-state index is -0.00573. The van der Waals surface area contributed by atoms with Crippen molar-refractivity contribution in [3.63, 3.8) is 0 Å². The van der Waals surface area contributed by atoms with Gasteiger partial charge in [0.05, 0.1) is 22.8 Å². The van der Waals surface area contributed by atoms with Crippen molar-refractivity contribution >= 4 is 17.2 Å². The predicted octanol–water partition coefficient (Wildman–Crippen LogP) is 4.16. The molecule has 4 rings (SSSR count). The summed E-state index contributed by atoms with van der Waals surface area (Å²) >= 11 is 1.62. The Bertz CT molecular complexity index is 938. The normalized spacial score (nSPS) is 20.0. The summed E-state index contributed by atoms with van der Waals surface area (Å²) in [6.45, 7) is 7.24. The van der Waals surface area contributed by atoms with Crippen LogP contribution in [0.1, 0.15) is 29.9 Å². The zero-order valence-electron chi connectivity index (χ0n) is 15.8. The largest absolute Gasteiger partial charge is 0.372 e. The van der Waals surface area contributed by atoms with Crippen LogP contribution >= 0.6 is 11.3 Å². The van der Waals surface area contributed by atoms with Gasteiger partial charge in [0.25, 0.3) is 5.91 Å². The molecule has 1 saturated heterocycles. The summed E-state index contributed by atoms with van der Waals surface area (Å²) in [5.74, 6) is -0.00573. The molecule has 2 aromatic heterocycles. The van der Waals surface area contributed by atoms with Gasteiger partial charge < -0.3 is 9.64 Å². The molecule has 2 atom stereocenters. The van der Waals surface area contributed by atoms with Crippen LogP contribution in [0.4, 0.5) is 0 Å². The number of hydrogen-bond acceptors (Lipinski definition) is 4. The molecule has 3 aromatic rings. The number of morpholine rings is 1. The highest BCUT2D eigenvalue weighted by Crippen LogP contribution is 2.27. The molecule has 1 aliphatic rings. The molecule has 5 nitrogen and oxygen atoms in total. The fourth-order valence-electron chi connectivity index (χ4n) is 3.54. The first-order chi connectivity index (χ1) is 13.0. The second kappa shape index (κ2) is 7.29. The van der Waals surface area contributed by atoms with Crippen molar-refractivity contribution in [1.29, 1.82) is 0 Å². The Morgan fingerprint density at radius 3 is 2.59 bits per heavy atom. The van der Waals surface area contributed by atoms with Crippen molar-refractivity contribution in [2.45, 2.75) is 33.0 Å². The summed E-state index contributed by atoms with van der Waals surface area (Å²) in [6, 6.07) is 14.0. The maximum Gasteiger partial charge on any atom is 0.272 e. The quantitative estimate of drug-likeness (QED) is 0.684. The van der Waals surface area contributed by atoms with Crippen LogP contribution in [0.2, 0.25) is 0 Å². The average Bonchev–Trinajstić information content (AvgIpc) is 3.30. The van der Waals surface area contributed by atoms with E-state index in [0.717, 1.165) is 21.8 Å². The number of ether oxygens (including phenoxy) is 1. The summed E-state index contributed by atoms with van der Waals surface area (Å²) in [4.78, 5) is 16.3. The van der Waals surface area contributed by atoms with Crippen LogP contribution in [0.5, 0.6) is 0 Å². The monoisotopic (exact) mass is 381 g/mol. The van der Waals surface area contributed by atoms with Crippen LogP contribution < -0.4 is 0 Å². The number of carbonyl (C=O) groups excluding carboxylic acids is 1. The van der Waals surface area contributed by atoms with E-state index in [1.54, 1.807) is 16.0 Å². The van der Waals surface area contributed by atoms with E-state index >= 15 is 0 Å². The fourth-order valence-corrected chi connectivity index (χ4v) is 4.22.